The Morgan fingerprint density at radius 2 is 0.967 bits per heavy atom. The minimum atomic E-state index is 0.721. The molecule has 0 aliphatic heterocycles. The van der Waals surface area contributed by atoms with Gasteiger partial charge in [-0.05, 0) is 47.5 Å². The molecule has 5 rings (SSSR count). The van der Waals surface area contributed by atoms with Crippen LogP contribution in [0.1, 0.15) is 11.1 Å². The highest BCUT2D eigenvalue weighted by Crippen LogP contribution is 2.16. The SMILES string of the molecule is c1ccc(-c2ccn(Cc3ccc(Cn4ccc(-c5ccccn5)n4)cc3)n2)nc1. The molecule has 0 amide bonds. The number of nitrogens with zero attached hydrogens (tertiary/aromatic N) is 6. The van der Waals surface area contributed by atoms with Gasteiger partial charge in [0.15, 0.2) is 0 Å². The van der Waals surface area contributed by atoms with E-state index in [2.05, 4.69) is 44.4 Å². The molecule has 6 nitrogen and oxygen atoms in total. The predicted octanol–water partition coefficient (Wildman–Crippen LogP) is 4.30. The Hall–Kier alpha value is -4.06. The van der Waals surface area contributed by atoms with Gasteiger partial charge < -0.3 is 0 Å². The van der Waals surface area contributed by atoms with Crippen molar-refractivity contribution in [3.05, 3.63) is 109 Å². The number of aromatic nitrogens is 6. The van der Waals surface area contributed by atoms with Gasteiger partial charge in [0, 0.05) is 24.8 Å². The highest BCUT2D eigenvalue weighted by molar-refractivity contribution is 5.53. The van der Waals surface area contributed by atoms with Crippen LogP contribution in [-0.2, 0) is 13.1 Å². The van der Waals surface area contributed by atoms with Crippen molar-refractivity contribution in [1.82, 2.24) is 29.5 Å². The highest BCUT2D eigenvalue weighted by Gasteiger charge is 2.06. The van der Waals surface area contributed by atoms with Crippen LogP contribution in [0.5, 0.6) is 0 Å². The summed E-state index contributed by atoms with van der Waals surface area (Å²) in [4.78, 5) is 8.71. The minimum absolute atomic E-state index is 0.721. The van der Waals surface area contributed by atoms with E-state index in [1.807, 2.05) is 70.3 Å². The van der Waals surface area contributed by atoms with Crippen molar-refractivity contribution in [3.63, 3.8) is 0 Å². The van der Waals surface area contributed by atoms with Gasteiger partial charge in [-0.15, -0.1) is 0 Å². The van der Waals surface area contributed by atoms with Crippen LogP contribution in [0.4, 0.5) is 0 Å². The van der Waals surface area contributed by atoms with E-state index < -0.39 is 0 Å². The Morgan fingerprint density at radius 1 is 0.500 bits per heavy atom. The summed E-state index contributed by atoms with van der Waals surface area (Å²) in [5.74, 6) is 0. The van der Waals surface area contributed by atoms with Gasteiger partial charge in [0.05, 0.1) is 24.5 Å². The maximum absolute atomic E-state index is 4.63. The predicted molar refractivity (Wildman–Crippen MR) is 116 cm³/mol. The molecule has 0 bridgehead atoms. The molecule has 1 aromatic carbocycles. The molecule has 0 atom stereocenters. The van der Waals surface area contributed by atoms with Crippen LogP contribution in [0.3, 0.4) is 0 Å². The van der Waals surface area contributed by atoms with Crippen LogP contribution in [-0.4, -0.2) is 29.5 Å². The van der Waals surface area contributed by atoms with E-state index in [4.69, 9.17) is 0 Å². The first-order valence-electron chi connectivity index (χ1n) is 9.81. The quantitative estimate of drug-likeness (QED) is 0.432. The van der Waals surface area contributed by atoms with E-state index in [1.165, 1.54) is 11.1 Å². The molecule has 5 aromatic rings. The summed E-state index contributed by atoms with van der Waals surface area (Å²) in [5.41, 5.74) is 5.93. The lowest BCUT2D eigenvalue weighted by molar-refractivity contribution is 0.681. The first-order valence-corrected chi connectivity index (χ1v) is 9.81. The second kappa shape index (κ2) is 8.13. The van der Waals surface area contributed by atoms with Crippen molar-refractivity contribution in [2.75, 3.05) is 0 Å². The molecule has 4 heterocycles. The van der Waals surface area contributed by atoms with E-state index >= 15 is 0 Å². The third-order valence-corrected chi connectivity index (χ3v) is 4.85. The summed E-state index contributed by atoms with van der Waals surface area (Å²) in [6, 6.07) is 24.2. The van der Waals surface area contributed by atoms with Gasteiger partial charge in [0.1, 0.15) is 11.4 Å². The Kier molecular flexibility index (Phi) is 4.88. The summed E-state index contributed by atoms with van der Waals surface area (Å²) in [5, 5.41) is 9.26. The number of rotatable bonds is 6. The lowest BCUT2D eigenvalue weighted by Crippen LogP contribution is -2.03. The first-order chi connectivity index (χ1) is 14.8. The van der Waals surface area contributed by atoms with Gasteiger partial charge in [-0.3, -0.25) is 19.3 Å². The Balaban J connectivity index is 1.24. The van der Waals surface area contributed by atoms with E-state index in [0.29, 0.717) is 0 Å². The second-order valence-electron chi connectivity index (χ2n) is 7.04. The molecule has 0 unspecified atom stereocenters. The fraction of sp³-hybridized carbons (Fsp3) is 0.0833. The van der Waals surface area contributed by atoms with Crippen molar-refractivity contribution in [3.8, 4) is 22.8 Å². The third-order valence-electron chi connectivity index (χ3n) is 4.85. The van der Waals surface area contributed by atoms with E-state index in [1.54, 1.807) is 12.4 Å². The topological polar surface area (TPSA) is 61.4 Å². The second-order valence-corrected chi connectivity index (χ2v) is 7.04. The zero-order valence-electron chi connectivity index (χ0n) is 16.3. The van der Waals surface area contributed by atoms with Crippen molar-refractivity contribution in [2.24, 2.45) is 0 Å². The molecule has 0 saturated heterocycles. The highest BCUT2D eigenvalue weighted by atomic mass is 15.3. The van der Waals surface area contributed by atoms with Crippen molar-refractivity contribution < 1.29 is 0 Å². The van der Waals surface area contributed by atoms with Gasteiger partial charge in [0.25, 0.3) is 0 Å². The average molecular weight is 392 g/mol. The molecule has 146 valence electrons. The molecule has 0 aliphatic carbocycles. The maximum Gasteiger partial charge on any atom is 0.111 e. The van der Waals surface area contributed by atoms with Crippen LogP contribution < -0.4 is 0 Å². The molecule has 4 aromatic heterocycles. The monoisotopic (exact) mass is 392 g/mol. The van der Waals surface area contributed by atoms with Crippen molar-refractivity contribution in [1.29, 1.82) is 0 Å². The van der Waals surface area contributed by atoms with Gasteiger partial charge in [-0.2, -0.15) is 10.2 Å². The number of hydrogen-bond donors (Lipinski definition) is 0. The maximum atomic E-state index is 4.63. The number of hydrogen-bond acceptors (Lipinski definition) is 4. The smallest absolute Gasteiger partial charge is 0.111 e. The molecule has 0 fully saturated rings. The van der Waals surface area contributed by atoms with E-state index in [-0.39, 0.29) is 0 Å². The molecule has 0 radical (unpaired) electrons. The molecular weight excluding hydrogens is 372 g/mol. The fourth-order valence-electron chi connectivity index (χ4n) is 3.33. The molecule has 30 heavy (non-hydrogen) atoms. The Labute approximate surface area is 174 Å². The molecular formula is C24H20N6. The van der Waals surface area contributed by atoms with Crippen LogP contribution in [0.15, 0.2) is 97.6 Å². The first kappa shape index (κ1) is 18.0. The van der Waals surface area contributed by atoms with Crippen LogP contribution in [0, 0.1) is 0 Å². The van der Waals surface area contributed by atoms with Gasteiger partial charge in [-0.25, -0.2) is 0 Å². The zero-order chi connectivity index (χ0) is 20.2. The van der Waals surface area contributed by atoms with Crippen molar-refractivity contribution in [2.45, 2.75) is 13.1 Å². The van der Waals surface area contributed by atoms with Crippen LogP contribution in [0.2, 0.25) is 0 Å². The van der Waals surface area contributed by atoms with Crippen molar-refractivity contribution >= 4 is 0 Å². The molecule has 6 heteroatoms. The summed E-state index contributed by atoms with van der Waals surface area (Å²) in [6.45, 7) is 1.44. The van der Waals surface area contributed by atoms with Crippen LogP contribution in [0.25, 0.3) is 22.8 Å². The normalized spacial score (nSPS) is 10.9. The molecule has 0 spiro atoms. The third kappa shape index (κ3) is 4.03. The zero-order valence-corrected chi connectivity index (χ0v) is 16.3. The molecule has 0 saturated carbocycles. The standard InChI is InChI=1S/C24H20N6/c1-3-13-25-21(5-1)23-11-15-29(27-23)17-19-7-9-20(10-8-19)18-30-16-12-24(28-30)22-6-2-4-14-26-22/h1-16H,17-18H2. The minimum Gasteiger partial charge on any atom is -0.268 e. The average Bonchev–Trinajstić information content (AvgIpc) is 3.46. The largest absolute Gasteiger partial charge is 0.268 e. The van der Waals surface area contributed by atoms with Gasteiger partial charge in [-0.1, -0.05) is 36.4 Å². The van der Waals surface area contributed by atoms with E-state index in [0.717, 1.165) is 35.9 Å². The number of pyridine rings is 2. The molecule has 0 N–H and O–H groups in total. The lowest BCUT2D eigenvalue weighted by Gasteiger charge is -2.05. The van der Waals surface area contributed by atoms with Gasteiger partial charge in [0.2, 0.25) is 0 Å². The lowest BCUT2D eigenvalue weighted by atomic mass is 10.1. The summed E-state index contributed by atoms with van der Waals surface area (Å²) in [7, 11) is 0. The summed E-state index contributed by atoms with van der Waals surface area (Å²) in [6.07, 6.45) is 7.54. The fourth-order valence-corrected chi connectivity index (χ4v) is 3.33. The number of benzene rings is 1. The van der Waals surface area contributed by atoms with E-state index in [9.17, 15) is 0 Å². The summed E-state index contributed by atoms with van der Waals surface area (Å²) >= 11 is 0. The Bertz CT molecular complexity index is 1120. The molecule has 0 aliphatic rings. The van der Waals surface area contributed by atoms with Crippen LogP contribution >= 0.6 is 0 Å². The van der Waals surface area contributed by atoms with Gasteiger partial charge >= 0.3 is 0 Å². The Morgan fingerprint density at radius 3 is 1.37 bits per heavy atom. The summed E-state index contributed by atoms with van der Waals surface area (Å²) < 4.78 is 3.87.